The summed E-state index contributed by atoms with van der Waals surface area (Å²) in [6.45, 7) is 6.38. The lowest BCUT2D eigenvalue weighted by atomic mass is 10.0. The van der Waals surface area contributed by atoms with Crippen LogP contribution in [0.15, 0.2) is 48.6 Å². The van der Waals surface area contributed by atoms with Gasteiger partial charge in [-0.25, -0.2) is 0 Å². The average molecular weight is 785 g/mol. The number of unbranched alkanes of at least 4 members (excludes halogenated alkanes) is 23. The molecule has 0 amide bonds. The van der Waals surface area contributed by atoms with E-state index in [0.29, 0.717) is 19.3 Å². The van der Waals surface area contributed by atoms with Crippen molar-refractivity contribution in [3.63, 3.8) is 0 Å². The molecule has 0 spiro atoms. The molecule has 0 radical (unpaired) electrons. The van der Waals surface area contributed by atoms with Gasteiger partial charge in [-0.1, -0.05) is 217 Å². The average Bonchev–Trinajstić information content (AvgIpc) is 3.19. The van der Waals surface area contributed by atoms with Gasteiger partial charge >= 0.3 is 17.9 Å². The zero-order valence-corrected chi connectivity index (χ0v) is 36.9. The van der Waals surface area contributed by atoms with E-state index in [1.54, 1.807) is 0 Å². The second-order valence-electron chi connectivity index (χ2n) is 15.6. The van der Waals surface area contributed by atoms with E-state index in [0.717, 1.165) is 70.6 Å². The van der Waals surface area contributed by atoms with Crippen molar-refractivity contribution in [3.05, 3.63) is 48.6 Å². The highest BCUT2D eigenvalue weighted by atomic mass is 16.6. The predicted molar refractivity (Wildman–Crippen MR) is 238 cm³/mol. The highest BCUT2D eigenvalue weighted by Gasteiger charge is 2.19. The van der Waals surface area contributed by atoms with Gasteiger partial charge in [0.25, 0.3) is 0 Å². The summed E-state index contributed by atoms with van der Waals surface area (Å²) in [5.74, 6) is -0.994. The van der Waals surface area contributed by atoms with E-state index < -0.39 is 12.1 Å². The highest BCUT2D eigenvalue weighted by Crippen LogP contribution is 2.15. The Balaban J connectivity index is 4.19. The second-order valence-corrected chi connectivity index (χ2v) is 15.6. The van der Waals surface area contributed by atoms with Gasteiger partial charge < -0.3 is 14.2 Å². The molecule has 0 fully saturated rings. The van der Waals surface area contributed by atoms with Crippen molar-refractivity contribution in [2.24, 2.45) is 0 Å². The van der Waals surface area contributed by atoms with Crippen molar-refractivity contribution >= 4 is 17.9 Å². The summed E-state index contributed by atoms with van der Waals surface area (Å²) in [5, 5.41) is 0. The van der Waals surface area contributed by atoms with Crippen LogP contribution in [-0.2, 0) is 28.6 Å². The molecule has 6 heteroatoms. The standard InChI is InChI=1S/C50H88O6/c1-4-7-10-13-15-17-19-21-22-23-24-25-26-27-29-30-32-34-37-40-43-49(52)55-46-47(45-54-48(51)42-39-36-12-9-6-3)56-50(53)44-41-38-35-33-31-28-20-18-16-14-11-8-5-2/h8,11,16,18,28,31,35,38,47H,4-7,9-10,12-15,17,19-27,29-30,32-34,36-37,39-46H2,1-3H3/b11-8-,18-16-,31-28-,38-35-. The molecule has 0 aromatic carbocycles. The number of hydrogen-bond donors (Lipinski definition) is 0. The quantitative estimate of drug-likeness (QED) is 0.0265. The molecule has 0 heterocycles. The van der Waals surface area contributed by atoms with E-state index in [1.165, 1.54) is 116 Å². The van der Waals surface area contributed by atoms with Crippen LogP contribution in [0.25, 0.3) is 0 Å². The van der Waals surface area contributed by atoms with Gasteiger partial charge in [-0.15, -0.1) is 0 Å². The second kappa shape index (κ2) is 45.1. The molecule has 1 unspecified atom stereocenters. The fourth-order valence-corrected chi connectivity index (χ4v) is 6.57. The fraction of sp³-hybridized carbons (Fsp3) is 0.780. The summed E-state index contributed by atoms with van der Waals surface area (Å²) < 4.78 is 16.5. The number of allylic oxidation sites excluding steroid dienone is 8. The number of hydrogen-bond acceptors (Lipinski definition) is 6. The number of carbonyl (C=O) groups is 3. The first-order chi connectivity index (χ1) is 27.5. The minimum Gasteiger partial charge on any atom is -0.462 e. The molecule has 0 rings (SSSR count). The molecular weight excluding hydrogens is 697 g/mol. The molecule has 1 atom stereocenters. The van der Waals surface area contributed by atoms with Crippen LogP contribution < -0.4 is 0 Å². The zero-order chi connectivity index (χ0) is 40.8. The van der Waals surface area contributed by atoms with Crippen LogP contribution in [0, 0.1) is 0 Å². The first kappa shape index (κ1) is 53.4. The lowest BCUT2D eigenvalue weighted by molar-refractivity contribution is -0.166. The lowest BCUT2D eigenvalue weighted by Crippen LogP contribution is -2.30. The first-order valence-corrected chi connectivity index (χ1v) is 23.6. The van der Waals surface area contributed by atoms with Crippen molar-refractivity contribution < 1.29 is 28.6 Å². The number of carbonyl (C=O) groups excluding carboxylic acids is 3. The maximum absolute atomic E-state index is 12.6. The third-order valence-corrected chi connectivity index (χ3v) is 10.1. The van der Waals surface area contributed by atoms with E-state index in [4.69, 9.17) is 14.2 Å². The highest BCUT2D eigenvalue weighted by molar-refractivity contribution is 5.71. The molecule has 56 heavy (non-hydrogen) atoms. The van der Waals surface area contributed by atoms with Gasteiger partial charge in [0.2, 0.25) is 0 Å². The SMILES string of the molecule is CC/C=C\C/C=C\C/C=C\C/C=C\CCC(=O)OC(COC(=O)CCCCCCC)COC(=O)CCCCCCCCCCCCCCCCCCCCCC. The summed E-state index contributed by atoms with van der Waals surface area (Å²) >= 11 is 0. The van der Waals surface area contributed by atoms with Crippen molar-refractivity contribution in [1.29, 1.82) is 0 Å². The molecule has 0 aliphatic rings. The molecule has 0 aliphatic carbocycles. The predicted octanol–water partition coefficient (Wildman–Crippen LogP) is 15.1. The molecule has 0 aromatic rings. The van der Waals surface area contributed by atoms with Gasteiger partial charge in [0.15, 0.2) is 6.10 Å². The van der Waals surface area contributed by atoms with E-state index in [-0.39, 0.29) is 31.6 Å². The third kappa shape index (κ3) is 42.5. The van der Waals surface area contributed by atoms with Gasteiger partial charge in [0, 0.05) is 19.3 Å². The van der Waals surface area contributed by atoms with Crippen molar-refractivity contribution in [1.82, 2.24) is 0 Å². The van der Waals surface area contributed by atoms with Gasteiger partial charge in [0.05, 0.1) is 0 Å². The topological polar surface area (TPSA) is 78.9 Å². The van der Waals surface area contributed by atoms with Crippen molar-refractivity contribution in [2.45, 2.75) is 239 Å². The molecule has 324 valence electrons. The van der Waals surface area contributed by atoms with Crippen LogP contribution in [0.1, 0.15) is 233 Å². The van der Waals surface area contributed by atoms with Crippen molar-refractivity contribution in [2.75, 3.05) is 13.2 Å². The maximum atomic E-state index is 12.6. The van der Waals surface area contributed by atoms with Crippen molar-refractivity contribution in [3.8, 4) is 0 Å². The summed E-state index contributed by atoms with van der Waals surface area (Å²) in [6.07, 6.45) is 53.0. The molecule has 0 aromatic heterocycles. The summed E-state index contributed by atoms with van der Waals surface area (Å²) in [5.41, 5.74) is 0. The van der Waals surface area contributed by atoms with Gasteiger partial charge in [-0.2, -0.15) is 0 Å². The van der Waals surface area contributed by atoms with E-state index in [1.807, 2.05) is 12.2 Å². The van der Waals surface area contributed by atoms with Crippen LogP contribution in [0.2, 0.25) is 0 Å². The smallest absolute Gasteiger partial charge is 0.306 e. The van der Waals surface area contributed by atoms with Gasteiger partial charge in [-0.05, 0) is 44.9 Å². The van der Waals surface area contributed by atoms with Crippen LogP contribution in [0.3, 0.4) is 0 Å². The summed E-state index contributed by atoms with van der Waals surface area (Å²) in [7, 11) is 0. The summed E-state index contributed by atoms with van der Waals surface area (Å²) in [4.78, 5) is 37.5. The van der Waals surface area contributed by atoms with E-state index in [9.17, 15) is 14.4 Å². The monoisotopic (exact) mass is 785 g/mol. The van der Waals surface area contributed by atoms with E-state index in [2.05, 4.69) is 57.2 Å². The Morgan fingerprint density at radius 1 is 0.375 bits per heavy atom. The minimum atomic E-state index is -0.803. The molecule has 0 bridgehead atoms. The Morgan fingerprint density at radius 3 is 1.05 bits per heavy atom. The van der Waals surface area contributed by atoms with Crippen LogP contribution >= 0.6 is 0 Å². The molecule has 6 nitrogen and oxygen atoms in total. The fourth-order valence-electron chi connectivity index (χ4n) is 6.57. The van der Waals surface area contributed by atoms with Gasteiger partial charge in [0.1, 0.15) is 13.2 Å². The molecule has 0 saturated carbocycles. The third-order valence-electron chi connectivity index (χ3n) is 10.1. The number of rotatable bonds is 42. The Kier molecular flexibility index (Phi) is 43.0. The molecule has 0 aliphatic heterocycles. The Labute approximate surface area is 346 Å². The zero-order valence-electron chi connectivity index (χ0n) is 36.9. The Hall–Kier alpha value is -2.63. The van der Waals surface area contributed by atoms with Crippen LogP contribution in [-0.4, -0.2) is 37.2 Å². The normalized spacial score (nSPS) is 12.4. The Morgan fingerprint density at radius 2 is 0.696 bits per heavy atom. The molecule has 0 N–H and O–H groups in total. The van der Waals surface area contributed by atoms with Crippen LogP contribution in [0.4, 0.5) is 0 Å². The maximum Gasteiger partial charge on any atom is 0.306 e. The van der Waals surface area contributed by atoms with E-state index >= 15 is 0 Å². The Bertz CT molecular complexity index is 996. The minimum absolute atomic E-state index is 0.0997. The van der Waals surface area contributed by atoms with Gasteiger partial charge in [-0.3, -0.25) is 14.4 Å². The largest absolute Gasteiger partial charge is 0.462 e. The summed E-state index contributed by atoms with van der Waals surface area (Å²) in [6, 6.07) is 0. The number of ether oxygens (including phenoxy) is 3. The first-order valence-electron chi connectivity index (χ1n) is 23.6. The molecule has 0 saturated heterocycles. The number of esters is 3. The lowest BCUT2D eigenvalue weighted by Gasteiger charge is -2.18. The van der Waals surface area contributed by atoms with Crippen LogP contribution in [0.5, 0.6) is 0 Å². The molecular formula is C50H88O6.